The monoisotopic (exact) mass is 545 g/mol. The van der Waals surface area contributed by atoms with Crippen LogP contribution >= 0.6 is 11.8 Å². The van der Waals surface area contributed by atoms with Crippen molar-refractivity contribution in [3.63, 3.8) is 0 Å². The van der Waals surface area contributed by atoms with Gasteiger partial charge in [-0.2, -0.15) is 0 Å². The first-order valence-electron chi connectivity index (χ1n) is 12.3. The molecule has 39 heavy (non-hydrogen) atoms. The molecule has 1 unspecified atom stereocenters. The summed E-state index contributed by atoms with van der Waals surface area (Å²) in [7, 11) is 1.93. The molecule has 3 aromatic carbocycles. The molecule has 4 N–H and O–H groups in total. The normalized spacial score (nSPS) is 14.8. The second kappa shape index (κ2) is 11.5. The van der Waals surface area contributed by atoms with E-state index in [2.05, 4.69) is 10.6 Å². The first-order chi connectivity index (χ1) is 18.8. The maximum atomic E-state index is 11.8. The number of carbonyl (C=O) groups excluding carboxylic acids is 3. The number of aryl methyl sites for hydroxylation is 1. The van der Waals surface area contributed by atoms with Gasteiger partial charge in [0.15, 0.2) is 0 Å². The highest BCUT2D eigenvalue weighted by Gasteiger charge is 2.31. The Bertz CT molecular complexity index is 1520. The number of nitrogens with two attached hydrogens (primary N) is 1. The van der Waals surface area contributed by atoms with Crippen LogP contribution in [-0.2, 0) is 31.3 Å². The molecule has 0 bridgehead atoms. The third-order valence-corrected chi connectivity index (χ3v) is 7.28. The van der Waals surface area contributed by atoms with Crippen LogP contribution < -0.4 is 25.8 Å². The van der Waals surface area contributed by atoms with Crippen molar-refractivity contribution in [3.8, 4) is 17.2 Å². The third-order valence-electron chi connectivity index (χ3n) is 6.30. The zero-order chi connectivity index (χ0) is 27.4. The van der Waals surface area contributed by atoms with E-state index in [1.54, 1.807) is 0 Å². The smallest absolute Gasteiger partial charge is 0.312 e. The van der Waals surface area contributed by atoms with E-state index in [9.17, 15) is 14.4 Å². The Morgan fingerprint density at radius 2 is 1.72 bits per heavy atom. The lowest BCUT2D eigenvalue weighted by atomic mass is 10.1. The van der Waals surface area contributed by atoms with Crippen LogP contribution in [0.1, 0.15) is 17.0 Å². The Morgan fingerprint density at radius 3 is 2.41 bits per heavy atom. The number of thioether (sulfide) groups is 1. The highest BCUT2D eigenvalue weighted by molar-refractivity contribution is 8.15. The molecule has 0 aliphatic carbocycles. The molecule has 4 amide bonds. The number of imide groups is 1. The molecule has 1 saturated heterocycles. The van der Waals surface area contributed by atoms with Crippen molar-refractivity contribution in [1.82, 2.24) is 20.2 Å². The van der Waals surface area contributed by atoms with Crippen LogP contribution in [0.25, 0.3) is 11.0 Å². The van der Waals surface area contributed by atoms with Crippen LogP contribution in [0.2, 0.25) is 0 Å². The molecule has 1 aliphatic rings. The first kappa shape index (κ1) is 26.1. The number of rotatable bonds is 10. The van der Waals surface area contributed by atoms with Gasteiger partial charge in [0.2, 0.25) is 5.91 Å². The van der Waals surface area contributed by atoms with Gasteiger partial charge in [-0.05, 0) is 60.4 Å². The molecule has 5 rings (SSSR count). The van der Waals surface area contributed by atoms with Gasteiger partial charge in [-0.15, -0.1) is 0 Å². The highest BCUT2D eigenvalue weighted by atomic mass is 32.2. The minimum atomic E-state index is -0.531. The zero-order valence-corrected chi connectivity index (χ0v) is 22.0. The number of imidazole rings is 1. The van der Waals surface area contributed by atoms with Gasteiger partial charge in [0, 0.05) is 19.7 Å². The molecule has 0 saturated carbocycles. The number of aromatic nitrogens is 2. The second-order valence-corrected chi connectivity index (χ2v) is 10.2. The lowest BCUT2D eigenvalue weighted by Crippen LogP contribution is -2.30. The van der Waals surface area contributed by atoms with E-state index < -0.39 is 11.3 Å². The third kappa shape index (κ3) is 6.50. The SMILES string of the molecule is Cn1c(COc2ccc(CC3SC(=O)NC3=O)cc2)nc2ccc(Oc3ccc(CCNC(N)=O)cc3)cc21. The summed E-state index contributed by atoms with van der Waals surface area (Å²) in [6, 6.07) is 20.4. The largest absolute Gasteiger partial charge is 0.486 e. The number of fused-ring (bicyclic) bond motifs is 1. The molecule has 1 aromatic heterocycles. The van der Waals surface area contributed by atoms with Crippen molar-refractivity contribution in [2.24, 2.45) is 12.8 Å². The topological polar surface area (TPSA) is 138 Å². The van der Waals surface area contributed by atoms with E-state index in [1.165, 1.54) is 0 Å². The molecule has 200 valence electrons. The molecule has 0 radical (unpaired) electrons. The number of benzene rings is 3. The van der Waals surface area contributed by atoms with Crippen molar-refractivity contribution < 1.29 is 23.9 Å². The lowest BCUT2D eigenvalue weighted by Gasteiger charge is -2.09. The molecule has 1 atom stereocenters. The van der Waals surface area contributed by atoms with Crippen LogP contribution in [-0.4, -0.2) is 38.5 Å². The van der Waals surface area contributed by atoms with E-state index in [1.807, 2.05) is 78.3 Å². The minimum absolute atomic E-state index is 0.245. The zero-order valence-electron chi connectivity index (χ0n) is 21.2. The van der Waals surface area contributed by atoms with Crippen molar-refractivity contribution in [2.45, 2.75) is 24.7 Å². The predicted molar refractivity (Wildman–Crippen MR) is 148 cm³/mol. The maximum Gasteiger partial charge on any atom is 0.312 e. The fourth-order valence-corrected chi connectivity index (χ4v) is 5.07. The Hall–Kier alpha value is -4.51. The van der Waals surface area contributed by atoms with Gasteiger partial charge in [-0.3, -0.25) is 14.9 Å². The lowest BCUT2D eigenvalue weighted by molar-refractivity contribution is -0.118. The molecular formula is C28H27N5O5S. The molecule has 11 heteroatoms. The number of amides is 4. The Labute approximate surface area is 228 Å². The molecular weight excluding hydrogens is 518 g/mol. The fraction of sp³-hybridized carbons (Fsp3) is 0.214. The van der Waals surface area contributed by atoms with Crippen molar-refractivity contribution in [3.05, 3.63) is 83.7 Å². The van der Waals surface area contributed by atoms with Crippen LogP contribution in [0.3, 0.4) is 0 Å². The second-order valence-electron chi connectivity index (χ2n) is 9.04. The molecule has 4 aromatic rings. The quantitative estimate of drug-likeness (QED) is 0.273. The predicted octanol–water partition coefficient (Wildman–Crippen LogP) is 4.05. The number of nitrogens with one attached hydrogen (secondary N) is 2. The highest BCUT2D eigenvalue weighted by Crippen LogP contribution is 2.27. The summed E-state index contributed by atoms with van der Waals surface area (Å²) in [5.41, 5.74) is 8.86. The summed E-state index contributed by atoms with van der Waals surface area (Å²) in [6.45, 7) is 0.759. The summed E-state index contributed by atoms with van der Waals surface area (Å²) in [6.07, 6.45) is 1.16. The molecule has 10 nitrogen and oxygen atoms in total. The van der Waals surface area contributed by atoms with E-state index in [0.29, 0.717) is 36.6 Å². The van der Waals surface area contributed by atoms with E-state index in [0.717, 1.165) is 39.7 Å². The first-order valence-corrected chi connectivity index (χ1v) is 13.2. The van der Waals surface area contributed by atoms with Crippen molar-refractivity contribution in [1.29, 1.82) is 0 Å². The number of primary amides is 1. The Morgan fingerprint density at radius 1 is 1.03 bits per heavy atom. The van der Waals surface area contributed by atoms with Gasteiger partial charge in [0.1, 0.15) is 29.7 Å². The standard InChI is InChI=1S/C28H27N5O5S/c1-33-23-15-21(38-20-8-2-17(3-9-20)12-13-30-27(29)35)10-11-22(23)31-25(33)16-37-19-6-4-18(5-7-19)14-24-26(34)32-28(36)39-24/h2-11,15,24H,12-14,16H2,1H3,(H3,29,30,35)(H,32,34,36). The number of hydrogen-bond donors (Lipinski definition) is 3. The van der Waals surface area contributed by atoms with Gasteiger partial charge in [0.05, 0.1) is 16.3 Å². The average molecular weight is 546 g/mol. The van der Waals surface area contributed by atoms with E-state index in [4.69, 9.17) is 20.2 Å². The van der Waals surface area contributed by atoms with Crippen LogP contribution in [0, 0.1) is 0 Å². The van der Waals surface area contributed by atoms with Gasteiger partial charge in [0.25, 0.3) is 5.24 Å². The fourth-order valence-electron chi connectivity index (χ4n) is 4.21. The van der Waals surface area contributed by atoms with Gasteiger partial charge < -0.3 is 25.1 Å². The number of urea groups is 1. The number of nitrogens with zero attached hydrogens (tertiary/aromatic N) is 2. The summed E-state index contributed by atoms with van der Waals surface area (Å²) < 4.78 is 14.0. The van der Waals surface area contributed by atoms with Crippen LogP contribution in [0.15, 0.2) is 66.7 Å². The number of ether oxygens (including phenoxy) is 2. The average Bonchev–Trinajstić information content (AvgIpc) is 3.41. The van der Waals surface area contributed by atoms with Gasteiger partial charge in [-0.25, -0.2) is 9.78 Å². The minimum Gasteiger partial charge on any atom is -0.486 e. The van der Waals surface area contributed by atoms with Crippen LogP contribution in [0.4, 0.5) is 9.59 Å². The Balaban J connectivity index is 1.18. The summed E-state index contributed by atoms with van der Waals surface area (Å²) in [5.74, 6) is 2.59. The van der Waals surface area contributed by atoms with Gasteiger partial charge in [-0.1, -0.05) is 36.0 Å². The van der Waals surface area contributed by atoms with Crippen molar-refractivity contribution in [2.75, 3.05) is 6.54 Å². The molecule has 1 aliphatic heterocycles. The molecule has 0 spiro atoms. The summed E-state index contributed by atoms with van der Waals surface area (Å²) in [5, 5.41) is 4.19. The summed E-state index contributed by atoms with van der Waals surface area (Å²) in [4.78, 5) is 38.6. The summed E-state index contributed by atoms with van der Waals surface area (Å²) >= 11 is 1.02. The van der Waals surface area contributed by atoms with Crippen molar-refractivity contribution >= 4 is 40.0 Å². The molecule has 1 fully saturated rings. The number of carbonyl (C=O) groups is 3. The van der Waals surface area contributed by atoms with Gasteiger partial charge >= 0.3 is 6.03 Å². The maximum absolute atomic E-state index is 11.8. The Kier molecular flexibility index (Phi) is 7.69. The van der Waals surface area contributed by atoms with Crippen LogP contribution in [0.5, 0.6) is 17.2 Å². The van der Waals surface area contributed by atoms with E-state index >= 15 is 0 Å². The molecule has 2 heterocycles. The van der Waals surface area contributed by atoms with E-state index in [-0.39, 0.29) is 17.8 Å². The number of hydrogen-bond acceptors (Lipinski definition) is 7.